The highest BCUT2D eigenvalue weighted by Gasteiger charge is 2.45. The fraction of sp³-hybridized carbons (Fsp3) is 0.650. The monoisotopic (exact) mass is 356 g/mol. The van der Waals surface area contributed by atoms with Crippen molar-refractivity contribution in [1.29, 1.82) is 0 Å². The largest absolute Gasteiger partial charge is 0.463 e. The number of hydrogen-bond acceptors (Lipinski definition) is 3. The van der Waals surface area contributed by atoms with Crippen molar-refractivity contribution in [3.05, 3.63) is 35.9 Å². The SMILES string of the molecule is CCCCCCCOC(=O)C(O)(c1ccccc1)C(CC)CC.Cl. The van der Waals surface area contributed by atoms with Crippen LogP contribution in [0.5, 0.6) is 0 Å². The molecule has 3 nitrogen and oxygen atoms in total. The van der Waals surface area contributed by atoms with Crippen molar-refractivity contribution >= 4 is 18.4 Å². The van der Waals surface area contributed by atoms with E-state index in [-0.39, 0.29) is 18.3 Å². The van der Waals surface area contributed by atoms with Gasteiger partial charge in [-0.15, -0.1) is 12.4 Å². The van der Waals surface area contributed by atoms with E-state index in [1.165, 1.54) is 19.3 Å². The van der Waals surface area contributed by atoms with E-state index < -0.39 is 11.6 Å². The van der Waals surface area contributed by atoms with E-state index in [0.717, 1.165) is 25.7 Å². The van der Waals surface area contributed by atoms with Crippen LogP contribution in [-0.2, 0) is 15.1 Å². The molecule has 0 amide bonds. The third-order valence-corrected chi connectivity index (χ3v) is 4.58. The molecule has 0 heterocycles. The highest BCUT2D eigenvalue weighted by atomic mass is 35.5. The quantitative estimate of drug-likeness (QED) is 0.435. The molecule has 0 aromatic heterocycles. The minimum absolute atomic E-state index is 0. The minimum atomic E-state index is -1.55. The summed E-state index contributed by atoms with van der Waals surface area (Å²) in [5.74, 6) is -0.648. The molecule has 0 bridgehead atoms. The van der Waals surface area contributed by atoms with Gasteiger partial charge < -0.3 is 9.84 Å². The first-order chi connectivity index (χ1) is 11.1. The lowest BCUT2D eigenvalue weighted by atomic mass is 9.78. The maximum absolute atomic E-state index is 12.6. The third kappa shape index (κ3) is 6.10. The fourth-order valence-corrected chi connectivity index (χ4v) is 3.07. The Kier molecular flexibility index (Phi) is 11.8. The summed E-state index contributed by atoms with van der Waals surface area (Å²) in [5.41, 5.74) is -0.918. The molecule has 1 N–H and O–H groups in total. The van der Waals surface area contributed by atoms with Crippen LogP contribution < -0.4 is 0 Å². The van der Waals surface area contributed by atoms with Crippen LogP contribution in [0.4, 0.5) is 0 Å². The van der Waals surface area contributed by atoms with Crippen LogP contribution in [0.15, 0.2) is 30.3 Å². The Morgan fingerprint density at radius 1 is 1.04 bits per heavy atom. The van der Waals surface area contributed by atoms with Gasteiger partial charge in [0.25, 0.3) is 0 Å². The molecule has 0 saturated heterocycles. The zero-order chi connectivity index (χ0) is 17.1. The second kappa shape index (κ2) is 12.3. The summed E-state index contributed by atoms with van der Waals surface area (Å²) in [6, 6.07) is 9.19. The van der Waals surface area contributed by atoms with Gasteiger partial charge in [-0.3, -0.25) is 0 Å². The van der Waals surface area contributed by atoms with E-state index in [1.807, 2.05) is 32.0 Å². The fourth-order valence-electron chi connectivity index (χ4n) is 3.07. The van der Waals surface area contributed by atoms with Crippen LogP contribution in [0.2, 0.25) is 0 Å². The Hall–Kier alpha value is -1.06. The van der Waals surface area contributed by atoms with Gasteiger partial charge in [-0.1, -0.05) is 76.8 Å². The van der Waals surface area contributed by atoms with Crippen LogP contribution in [0.25, 0.3) is 0 Å². The zero-order valence-electron chi connectivity index (χ0n) is 15.3. The minimum Gasteiger partial charge on any atom is -0.463 e. The molecule has 1 rings (SSSR count). The number of carbonyl (C=O) groups is 1. The Bertz CT molecular complexity index is 445. The average molecular weight is 357 g/mol. The van der Waals surface area contributed by atoms with Gasteiger partial charge in [0.2, 0.25) is 0 Å². The van der Waals surface area contributed by atoms with Crippen LogP contribution in [0.3, 0.4) is 0 Å². The molecule has 1 unspecified atom stereocenters. The summed E-state index contributed by atoms with van der Waals surface area (Å²) in [6.45, 7) is 6.56. The van der Waals surface area contributed by atoms with Crippen LogP contribution in [0.1, 0.15) is 71.3 Å². The second-order valence-electron chi connectivity index (χ2n) is 6.20. The molecule has 0 aliphatic heterocycles. The number of esters is 1. The second-order valence-corrected chi connectivity index (χ2v) is 6.20. The summed E-state index contributed by atoms with van der Waals surface area (Å²) in [4.78, 5) is 12.6. The lowest BCUT2D eigenvalue weighted by Gasteiger charge is -2.33. The molecular weight excluding hydrogens is 324 g/mol. The number of ether oxygens (including phenoxy) is 1. The Morgan fingerprint density at radius 2 is 1.62 bits per heavy atom. The summed E-state index contributed by atoms with van der Waals surface area (Å²) in [7, 11) is 0. The molecule has 24 heavy (non-hydrogen) atoms. The molecule has 0 radical (unpaired) electrons. The highest BCUT2D eigenvalue weighted by Crippen LogP contribution is 2.35. The summed E-state index contributed by atoms with van der Waals surface area (Å²) >= 11 is 0. The van der Waals surface area contributed by atoms with E-state index in [2.05, 4.69) is 6.92 Å². The van der Waals surface area contributed by atoms with Gasteiger partial charge in [0.1, 0.15) is 0 Å². The molecular formula is C20H33ClO3. The number of hydrogen-bond donors (Lipinski definition) is 1. The number of rotatable bonds is 11. The predicted octanol–water partition coefficient (Wildman–Crippen LogP) is 5.25. The Labute approximate surface area is 153 Å². The molecule has 0 aliphatic carbocycles. The molecule has 0 saturated carbocycles. The van der Waals surface area contributed by atoms with E-state index in [4.69, 9.17) is 4.74 Å². The Morgan fingerprint density at radius 3 is 2.17 bits per heavy atom. The van der Waals surface area contributed by atoms with Crippen molar-refractivity contribution in [2.45, 2.75) is 71.3 Å². The highest BCUT2D eigenvalue weighted by molar-refractivity contribution is 5.85. The van der Waals surface area contributed by atoms with Gasteiger partial charge in [-0.2, -0.15) is 0 Å². The smallest absolute Gasteiger partial charge is 0.343 e. The van der Waals surface area contributed by atoms with Crippen molar-refractivity contribution in [3.8, 4) is 0 Å². The van der Waals surface area contributed by atoms with Gasteiger partial charge in [0.15, 0.2) is 5.60 Å². The molecule has 1 atom stereocenters. The van der Waals surface area contributed by atoms with Crippen molar-refractivity contribution in [2.75, 3.05) is 6.61 Å². The van der Waals surface area contributed by atoms with E-state index in [9.17, 15) is 9.90 Å². The lowest BCUT2D eigenvalue weighted by Crippen LogP contribution is -2.44. The molecule has 0 aliphatic rings. The molecule has 138 valence electrons. The van der Waals surface area contributed by atoms with Gasteiger partial charge in [0.05, 0.1) is 6.61 Å². The molecule has 1 aromatic carbocycles. The third-order valence-electron chi connectivity index (χ3n) is 4.58. The van der Waals surface area contributed by atoms with E-state index in [1.54, 1.807) is 12.1 Å². The molecule has 0 spiro atoms. The summed E-state index contributed by atoms with van der Waals surface area (Å²) < 4.78 is 5.44. The summed E-state index contributed by atoms with van der Waals surface area (Å²) in [5, 5.41) is 11.2. The van der Waals surface area contributed by atoms with Crippen molar-refractivity contribution in [3.63, 3.8) is 0 Å². The topological polar surface area (TPSA) is 46.5 Å². The summed E-state index contributed by atoms with van der Waals surface area (Å²) in [6.07, 6.45) is 6.97. The number of unbranched alkanes of at least 4 members (excludes halogenated alkanes) is 4. The predicted molar refractivity (Wildman–Crippen MR) is 101 cm³/mol. The number of halogens is 1. The maximum Gasteiger partial charge on any atom is 0.343 e. The normalized spacial score (nSPS) is 13.2. The zero-order valence-corrected chi connectivity index (χ0v) is 16.1. The number of aliphatic hydroxyl groups is 1. The number of benzene rings is 1. The molecule has 0 fully saturated rings. The first-order valence-electron chi connectivity index (χ1n) is 9.06. The van der Waals surface area contributed by atoms with Crippen LogP contribution in [0, 0.1) is 5.92 Å². The van der Waals surface area contributed by atoms with Crippen molar-refractivity contribution < 1.29 is 14.6 Å². The van der Waals surface area contributed by atoms with Gasteiger partial charge >= 0.3 is 5.97 Å². The van der Waals surface area contributed by atoms with Gasteiger partial charge in [-0.05, 0) is 24.8 Å². The average Bonchev–Trinajstić information content (AvgIpc) is 2.59. The number of carbonyl (C=O) groups excluding carboxylic acids is 1. The van der Waals surface area contributed by atoms with E-state index >= 15 is 0 Å². The molecule has 1 aromatic rings. The van der Waals surface area contributed by atoms with Crippen LogP contribution >= 0.6 is 12.4 Å². The van der Waals surface area contributed by atoms with Gasteiger partial charge in [0, 0.05) is 5.92 Å². The molecule has 4 heteroatoms. The van der Waals surface area contributed by atoms with E-state index in [0.29, 0.717) is 12.2 Å². The lowest BCUT2D eigenvalue weighted by molar-refractivity contribution is -0.174. The van der Waals surface area contributed by atoms with Crippen LogP contribution in [-0.4, -0.2) is 17.7 Å². The maximum atomic E-state index is 12.6. The first-order valence-corrected chi connectivity index (χ1v) is 9.06. The Balaban J connectivity index is 0.00000529. The standard InChI is InChI=1S/C20H32O3.ClH/c1-4-7-8-9-13-16-23-19(21)20(22,17(5-2)6-3)18-14-11-10-12-15-18;/h10-12,14-15,17,22H,4-9,13,16H2,1-3H3;1H. The van der Waals surface area contributed by atoms with Crippen molar-refractivity contribution in [2.24, 2.45) is 5.92 Å². The van der Waals surface area contributed by atoms with Crippen molar-refractivity contribution in [1.82, 2.24) is 0 Å². The van der Waals surface area contributed by atoms with Gasteiger partial charge in [-0.25, -0.2) is 4.79 Å². The first kappa shape index (κ1) is 22.9.